The molecule has 0 aromatic heterocycles. The summed E-state index contributed by atoms with van der Waals surface area (Å²) in [6, 6.07) is 22.3. The highest BCUT2D eigenvalue weighted by Crippen LogP contribution is 2.38. The van der Waals surface area contributed by atoms with Crippen molar-refractivity contribution in [2.24, 2.45) is 0 Å². The smallest absolute Gasteiger partial charge is 0.261 e. The molecule has 1 unspecified atom stereocenters. The van der Waals surface area contributed by atoms with Crippen molar-refractivity contribution in [3.8, 4) is 0 Å². The lowest BCUT2D eigenvalue weighted by molar-refractivity contribution is 0.147. The van der Waals surface area contributed by atoms with Crippen LogP contribution in [0.5, 0.6) is 0 Å². The van der Waals surface area contributed by atoms with Gasteiger partial charge in [-0.3, -0.25) is 0 Å². The van der Waals surface area contributed by atoms with Gasteiger partial charge in [-0.2, -0.15) is 0 Å². The minimum absolute atomic E-state index is 0.00171. The number of hydrogen-bond donors (Lipinski definition) is 1. The third-order valence-corrected chi connectivity index (χ3v) is 16.7. The van der Waals surface area contributed by atoms with Crippen molar-refractivity contribution in [3.05, 3.63) is 97.1 Å². The normalized spacial score (nSPS) is 13.8. The fourth-order valence-electron chi connectivity index (χ4n) is 8.19. The molecular weight excluding hydrogens is 697 g/mol. The molecule has 316 valence electrons. The van der Waals surface area contributed by atoms with Gasteiger partial charge in [-0.05, 0) is 86.0 Å². The predicted octanol–water partition coefficient (Wildman–Crippen LogP) is 15.5. The molecular formula is C53H88O2Si. The topological polar surface area (TPSA) is 29.5 Å². The molecule has 0 saturated heterocycles. The van der Waals surface area contributed by atoms with Gasteiger partial charge in [0.15, 0.2) is 0 Å². The number of aliphatic hydroxyl groups excluding tert-OH is 1. The van der Waals surface area contributed by atoms with Crippen molar-refractivity contribution in [1.29, 1.82) is 0 Å². The number of allylic oxidation sites excluding steroid dienone is 5. The van der Waals surface area contributed by atoms with Gasteiger partial charge in [-0.25, -0.2) is 0 Å². The highest BCUT2D eigenvalue weighted by Gasteiger charge is 2.51. The lowest BCUT2D eigenvalue weighted by Crippen LogP contribution is -2.67. The summed E-state index contributed by atoms with van der Waals surface area (Å²) in [5.74, 6) is 0. The molecule has 0 aliphatic rings. The number of rotatable bonds is 35. The molecule has 2 aromatic rings. The van der Waals surface area contributed by atoms with Crippen LogP contribution in [0.1, 0.15) is 208 Å². The summed E-state index contributed by atoms with van der Waals surface area (Å²) in [6.45, 7) is 11.7. The Balaban J connectivity index is 1.61. The zero-order valence-corrected chi connectivity index (χ0v) is 38.3. The van der Waals surface area contributed by atoms with Crippen molar-refractivity contribution in [2.75, 3.05) is 0 Å². The van der Waals surface area contributed by atoms with E-state index in [2.05, 4.69) is 132 Å². The Morgan fingerprint density at radius 3 is 1.38 bits per heavy atom. The van der Waals surface area contributed by atoms with Crippen LogP contribution >= 0.6 is 0 Å². The second kappa shape index (κ2) is 32.7. The van der Waals surface area contributed by atoms with Crippen LogP contribution in [0.2, 0.25) is 5.04 Å². The molecule has 0 fully saturated rings. The zero-order chi connectivity index (χ0) is 40.4. The van der Waals surface area contributed by atoms with Crippen LogP contribution in [-0.2, 0) is 4.43 Å². The van der Waals surface area contributed by atoms with Gasteiger partial charge in [0.05, 0.1) is 6.10 Å². The third-order valence-electron chi connectivity index (χ3n) is 11.6. The fraction of sp³-hybridized carbons (Fsp3) is 0.660. The second-order valence-electron chi connectivity index (χ2n) is 17.7. The van der Waals surface area contributed by atoms with Crippen molar-refractivity contribution in [3.63, 3.8) is 0 Å². The Labute approximate surface area is 349 Å². The largest absolute Gasteiger partial charge is 0.404 e. The Kier molecular flexibility index (Phi) is 29.2. The van der Waals surface area contributed by atoms with E-state index >= 15 is 0 Å². The first-order valence-electron chi connectivity index (χ1n) is 23.8. The molecule has 56 heavy (non-hydrogen) atoms. The lowest BCUT2D eigenvalue weighted by atomic mass is 10.0. The minimum Gasteiger partial charge on any atom is -0.404 e. The third kappa shape index (κ3) is 22.1. The maximum absolute atomic E-state index is 10.5. The first kappa shape index (κ1) is 49.9. The van der Waals surface area contributed by atoms with E-state index in [1.54, 1.807) is 0 Å². The maximum atomic E-state index is 10.5. The molecule has 0 heterocycles. The molecule has 2 atom stereocenters. The minimum atomic E-state index is -2.56. The van der Waals surface area contributed by atoms with E-state index in [9.17, 15) is 5.11 Å². The lowest BCUT2D eigenvalue weighted by Gasteiger charge is -2.45. The van der Waals surface area contributed by atoms with E-state index in [0.717, 1.165) is 38.5 Å². The summed E-state index contributed by atoms with van der Waals surface area (Å²) < 4.78 is 7.59. The molecule has 3 heteroatoms. The van der Waals surface area contributed by atoms with E-state index in [1.165, 1.54) is 145 Å². The van der Waals surface area contributed by atoms with Crippen molar-refractivity contribution >= 4 is 18.7 Å². The first-order valence-corrected chi connectivity index (χ1v) is 25.7. The standard InChI is InChI=1S/C53H88O2Si/c1-6-8-10-12-13-14-15-16-17-18-19-20-22-25-28-33-41-49(54)42-34-29-26-23-21-24-27-30-36-44-50(43-35-11-9-7-2)55-56(53(3,4)5,51-45-37-31-38-46-51)52-47-39-32-40-48-52/h13-14,16-17,30-32,36-40,45-50,54H,6-12,15,18-29,33-35,41-44H2,1-5H3/b14-13-,17-16-,36-30-/t49?,50-/m1/s1. The quantitative estimate of drug-likeness (QED) is 0.0428. The number of aliphatic hydroxyl groups is 1. The van der Waals surface area contributed by atoms with Crippen LogP contribution in [-0.4, -0.2) is 25.6 Å². The Bertz CT molecular complexity index is 1200. The molecule has 2 nitrogen and oxygen atoms in total. The molecule has 0 amide bonds. The summed E-state index contributed by atoms with van der Waals surface area (Å²) >= 11 is 0. The van der Waals surface area contributed by atoms with Crippen molar-refractivity contribution < 1.29 is 9.53 Å². The summed E-state index contributed by atoms with van der Waals surface area (Å²) in [5.41, 5.74) is 0. The Morgan fingerprint density at radius 1 is 0.500 bits per heavy atom. The number of hydrogen-bond acceptors (Lipinski definition) is 2. The number of benzene rings is 2. The highest BCUT2D eigenvalue weighted by atomic mass is 28.4. The van der Waals surface area contributed by atoms with E-state index < -0.39 is 8.32 Å². The molecule has 0 aliphatic heterocycles. The molecule has 0 aliphatic carbocycles. The predicted molar refractivity (Wildman–Crippen MR) is 252 cm³/mol. The number of unbranched alkanes of at least 4 members (excludes halogenated alkanes) is 18. The second-order valence-corrected chi connectivity index (χ2v) is 21.9. The summed E-state index contributed by atoms with van der Waals surface area (Å²) in [6.07, 6.45) is 47.6. The van der Waals surface area contributed by atoms with Gasteiger partial charge in [0.25, 0.3) is 8.32 Å². The zero-order valence-electron chi connectivity index (χ0n) is 37.3. The van der Waals surface area contributed by atoms with Gasteiger partial charge < -0.3 is 9.53 Å². The van der Waals surface area contributed by atoms with Crippen LogP contribution in [0, 0.1) is 0 Å². The van der Waals surface area contributed by atoms with Crippen molar-refractivity contribution in [2.45, 2.75) is 225 Å². The van der Waals surface area contributed by atoms with Gasteiger partial charge in [-0.1, -0.05) is 234 Å². The summed E-state index contributed by atoms with van der Waals surface area (Å²) in [4.78, 5) is 0. The van der Waals surface area contributed by atoms with Gasteiger partial charge in [-0.15, -0.1) is 0 Å². The van der Waals surface area contributed by atoms with Gasteiger partial charge in [0, 0.05) is 6.10 Å². The van der Waals surface area contributed by atoms with Gasteiger partial charge in [0.1, 0.15) is 0 Å². The van der Waals surface area contributed by atoms with E-state index in [4.69, 9.17) is 4.43 Å². The van der Waals surface area contributed by atoms with Gasteiger partial charge >= 0.3 is 0 Å². The summed E-state index contributed by atoms with van der Waals surface area (Å²) in [5, 5.41) is 13.2. The van der Waals surface area contributed by atoms with Crippen LogP contribution in [0.4, 0.5) is 0 Å². The fourth-order valence-corrected chi connectivity index (χ4v) is 12.9. The van der Waals surface area contributed by atoms with Gasteiger partial charge in [0.2, 0.25) is 0 Å². The molecule has 1 N–H and O–H groups in total. The monoisotopic (exact) mass is 785 g/mol. The molecule has 0 saturated carbocycles. The molecule has 2 rings (SSSR count). The molecule has 0 radical (unpaired) electrons. The maximum Gasteiger partial charge on any atom is 0.261 e. The Hall–Kier alpha value is -2.20. The Morgan fingerprint density at radius 2 is 0.893 bits per heavy atom. The van der Waals surface area contributed by atoms with Crippen LogP contribution < -0.4 is 10.4 Å². The van der Waals surface area contributed by atoms with E-state index in [0.29, 0.717) is 0 Å². The van der Waals surface area contributed by atoms with Crippen LogP contribution in [0.3, 0.4) is 0 Å². The van der Waals surface area contributed by atoms with Crippen molar-refractivity contribution in [1.82, 2.24) is 0 Å². The molecule has 0 bridgehead atoms. The summed E-state index contributed by atoms with van der Waals surface area (Å²) in [7, 11) is -2.56. The molecule has 2 aromatic carbocycles. The average Bonchev–Trinajstić information content (AvgIpc) is 3.20. The highest BCUT2D eigenvalue weighted by molar-refractivity contribution is 6.99. The molecule has 0 spiro atoms. The SMILES string of the molecule is CCCCC/C=C\C/C=C\CCCCCCCCC(O)CCCCCCCC/C=C\C[C@@H](CCCCCC)O[Si](c1ccccc1)(c1ccccc1)C(C)(C)C. The average molecular weight is 785 g/mol. The van der Waals surface area contributed by atoms with Crippen LogP contribution in [0.25, 0.3) is 0 Å². The van der Waals surface area contributed by atoms with E-state index in [-0.39, 0.29) is 17.2 Å². The van der Waals surface area contributed by atoms with Crippen LogP contribution in [0.15, 0.2) is 97.1 Å². The first-order chi connectivity index (χ1) is 27.3. The van der Waals surface area contributed by atoms with E-state index in [1.807, 2.05) is 0 Å².